The first-order chi connectivity index (χ1) is 7.68. The first kappa shape index (κ1) is 11.6. The first-order valence-corrected chi connectivity index (χ1v) is 6.04. The van der Waals surface area contributed by atoms with Crippen LogP contribution in [0.1, 0.15) is 12.8 Å². The molecule has 2 rings (SSSR count). The van der Waals surface area contributed by atoms with Gasteiger partial charge in [-0.05, 0) is 28.8 Å². The minimum atomic E-state index is -0.137. The Balaban J connectivity index is 2.15. The number of rotatable bonds is 2. The Morgan fingerprint density at radius 3 is 3.19 bits per heavy atom. The summed E-state index contributed by atoms with van der Waals surface area (Å²) in [6.07, 6.45) is 3.76. The number of anilines is 1. The lowest BCUT2D eigenvalue weighted by molar-refractivity contribution is 0.0876. The number of aryl methyl sites for hydroxylation is 1. The Morgan fingerprint density at radius 2 is 2.50 bits per heavy atom. The fourth-order valence-corrected chi connectivity index (χ4v) is 2.16. The third kappa shape index (κ3) is 2.44. The van der Waals surface area contributed by atoms with Crippen LogP contribution in [0.2, 0.25) is 0 Å². The number of halogens is 1. The van der Waals surface area contributed by atoms with Gasteiger partial charge >= 0.3 is 0 Å². The zero-order valence-corrected chi connectivity index (χ0v) is 10.7. The van der Waals surface area contributed by atoms with Crippen LogP contribution in [0.15, 0.2) is 15.5 Å². The van der Waals surface area contributed by atoms with Gasteiger partial charge in [0.1, 0.15) is 4.47 Å². The second-order valence-corrected chi connectivity index (χ2v) is 4.65. The van der Waals surface area contributed by atoms with Crippen LogP contribution in [0.3, 0.4) is 0 Å². The zero-order valence-electron chi connectivity index (χ0n) is 9.07. The molecular formula is C10H14BrN3O2. The lowest BCUT2D eigenvalue weighted by atomic mass is 10.1. The van der Waals surface area contributed by atoms with Crippen molar-refractivity contribution in [2.24, 2.45) is 7.05 Å². The van der Waals surface area contributed by atoms with Crippen LogP contribution >= 0.6 is 15.9 Å². The van der Waals surface area contributed by atoms with E-state index in [2.05, 4.69) is 26.3 Å². The summed E-state index contributed by atoms with van der Waals surface area (Å²) in [5.74, 6) is 0. The summed E-state index contributed by atoms with van der Waals surface area (Å²) < 4.78 is 7.19. The molecule has 0 aromatic carbocycles. The van der Waals surface area contributed by atoms with Crippen molar-refractivity contribution in [2.75, 3.05) is 18.5 Å². The SMILES string of the molecule is Cn1ncc(N[C@@H]2CCCOC2)c(Br)c1=O. The van der Waals surface area contributed by atoms with Crippen molar-refractivity contribution in [2.45, 2.75) is 18.9 Å². The number of nitrogens with one attached hydrogen (secondary N) is 1. The Morgan fingerprint density at radius 1 is 1.69 bits per heavy atom. The molecule has 5 nitrogen and oxygen atoms in total. The number of ether oxygens (including phenoxy) is 1. The van der Waals surface area contributed by atoms with Crippen molar-refractivity contribution in [3.05, 3.63) is 21.0 Å². The van der Waals surface area contributed by atoms with Crippen molar-refractivity contribution in [1.82, 2.24) is 9.78 Å². The number of aromatic nitrogens is 2. The molecule has 0 aliphatic carbocycles. The zero-order chi connectivity index (χ0) is 11.5. The molecule has 1 atom stereocenters. The fourth-order valence-electron chi connectivity index (χ4n) is 1.69. The highest BCUT2D eigenvalue weighted by Crippen LogP contribution is 2.19. The summed E-state index contributed by atoms with van der Waals surface area (Å²) in [6.45, 7) is 1.51. The van der Waals surface area contributed by atoms with Crippen LogP contribution in [-0.2, 0) is 11.8 Å². The largest absolute Gasteiger partial charge is 0.379 e. The van der Waals surface area contributed by atoms with Crippen LogP contribution in [0.4, 0.5) is 5.69 Å². The molecule has 88 valence electrons. The highest BCUT2D eigenvalue weighted by atomic mass is 79.9. The van der Waals surface area contributed by atoms with Crippen molar-refractivity contribution in [3.63, 3.8) is 0 Å². The second kappa shape index (κ2) is 4.97. The summed E-state index contributed by atoms with van der Waals surface area (Å²) in [4.78, 5) is 11.6. The molecule has 2 heterocycles. The average Bonchev–Trinajstić information content (AvgIpc) is 2.31. The average molecular weight is 288 g/mol. The van der Waals surface area contributed by atoms with Gasteiger partial charge in [-0.2, -0.15) is 5.10 Å². The molecule has 1 aromatic heterocycles. The Bertz CT molecular complexity index is 427. The minimum absolute atomic E-state index is 0.137. The molecule has 0 spiro atoms. The van der Waals surface area contributed by atoms with E-state index >= 15 is 0 Å². The standard InChI is InChI=1S/C10H14BrN3O2/c1-14-10(15)9(11)8(5-12-14)13-7-3-2-4-16-6-7/h5,7,13H,2-4,6H2,1H3/t7-/m1/s1. The molecule has 0 amide bonds. The van der Waals surface area contributed by atoms with E-state index in [9.17, 15) is 4.79 Å². The maximum Gasteiger partial charge on any atom is 0.282 e. The van der Waals surface area contributed by atoms with E-state index in [0.29, 0.717) is 11.1 Å². The number of hydrogen-bond acceptors (Lipinski definition) is 4. The lowest BCUT2D eigenvalue weighted by Crippen LogP contribution is -2.31. The van der Waals surface area contributed by atoms with Gasteiger partial charge in [-0.3, -0.25) is 4.79 Å². The Kier molecular flexibility index (Phi) is 3.60. The Labute approximate surface area is 102 Å². The van der Waals surface area contributed by atoms with E-state index in [0.717, 1.165) is 25.1 Å². The summed E-state index contributed by atoms with van der Waals surface area (Å²) >= 11 is 3.28. The first-order valence-electron chi connectivity index (χ1n) is 5.24. The molecule has 1 N–H and O–H groups in total. The van der Waals surface area contributed by atoms with Crippen LogP contribution in [0.5, 0.6) is 0 Å². The molecule has 0 saturated carbocycles. The molecule has 0 unspecified atom stereocenters. The van der Waals surface area contributed by atoms with Gasteiger partial charge in [0.25, 0.3) is 5.56 Å². The molecular weight excluding hydrogens is 274 g/mol. The van der Waals surface area contributed by atoms with E-state index in [1.54, 1.807) is 13.2 Å². The monoisotopic (exact) mass is 287 g/mol. The van der Waals surface area contributed by atoms with Gasteiger partial charge in [0.15, 0.2) is 0 Å². The lowest BCUT2D eigenvalue weighted by Gasteiger charge is -2.24. The van der Waals surface area contributed by atoms with E-state index < -0.39 is 0 Å². The molecule has 0 radical (unpaired) electrons. The van der Waals surface area contributed by atoms with Crippen LogP contribution < -0.4 is 10.9 Å². The van der Waals surface area contributed by atoms with E-state index in [4.69, 9.17) is 4.74 Å². The molecule has 1 saturated heterocycles. The summed E-state index contributed by atoms with van der Waals surface area (Å²) in [5.41, 5.74) is 0.598. The molecule has 16 heavy (non-hydrogen) atoms. The fraction of sp³-hybridized carbons (Fsp3) is 0.600. The topological polar surface area (TPSA) is 56.1 Å². The van der Waals surface area contributed by atoms with Crippen LogP contribution in [0.25, 0.3) is 0 Å². The molecule has 6 heteroatoms. The van der Waals surface area contributed by atoms with E-state index in [1.165, 1.54) is 4.68 Å². The van der Waals surface area contributed by atoms with Crippen LogP contribution in [0, 0.1) is 0 Å². The van der Waals surface area contributed by atoms with Gasteiger partial charge in [-0.1, -0.05) is 0 Å². The van der Waals surface area contributed by atoms with Gasteiger partial charge in [0, 0.05) is 19.7 Å². The van der Waals surface area contributed by atoms with Gasteiger partial charge in [0.05, 0.1) is 18.5 Å². The maximum atomic E-state index is 11.6. The minimum Gasteiger partial charge on any atom is -0.379 e. The summed E-state index contributed by atoms with van der Waals surface area (Å²) in [7, 11) is 1.63. The molecule has 1 aliphatic heterocycles. The predicted molar refractivity (Wildman–Crippen MR) is 64.6 cm³/mol. The van der Waals surface area contributed by atoms with Gasteiger partial charge in [0.2, 0.25) is 0 Å². The Hall–Kier alpha value is -0.880. The molecule has 1 fully saturated rings. The third-order valence-corrected chi connectivity index (χ3v) is 3.36. The molecule has 1 aliphatic rings. The summed E-state index contributed by atoms with van der Waals surface area (Å²) in [6, 6.07) is 0.263. The van der Waals surface area contributed by atoms with Gasteiger partial charge in [-0.25, -0.2) is 4.68 Å². The predicted octanol–water partition coefficient (Wildman–Crippen LogP) is 1.13. The normalized spacial score (nSPS) is 20.8. The van der Waals surface area contributed by atoms with Crippen molar-refractivity contribution >= 4 is 21.6 Å². The van der Waals surface area contributed by atoms with Crippen molar-refractivity contribution in [3.8, 4) is 0 Å². The maximum absolute atomic E-state index is 11.6. The van der Waals surface area contributed by atoms with Gasteiger partial charge < -0.3 is 10.1 Å². The van der Waals surface area contributed by atoms with Crippen molar-refractivity contribution in [1.29, 1.82) is 0 Å². The number of nitrogens with zero attached hydrogens (tertiary/aromatic N) is 2. The smallest absolute Gasteiger partial charge is 0.282 e. The quantitative estimate of drug-likeness (QED) is 0.886. The van der Waals surface area contributed by atoms with Gasteiger partial charge in [-0.15, -0.1) is 0 Å². The second-order valence-electron chi connectivity index (χ2n) is 3.86. The highest BCUT2D eigenvalue weighted by Gasteiger charge is 2.16. The molecule has 1 aromatic rings. The highest BCUT2D eigenvalue weighted by molar-refractivity contribution is 9.10. The number of hydrogen-bond donors (Lipinski definition) is 1. The van der Waals surface area contributed by atoms with Crippen molar-refractivity contribution < 1.29 is 4.74 Å². The van der Waals surface area contributed by atoms with E-state index in [1.807, 2.05) is 0 Å². The van der Waals surface area contributed by atoms with E-state index in [-0.39, 0.29) is 11.6 Å². The third-order valence-electron chi connectivity index (χ3n) is 2.60. The summed E-state index contributed by atoms with van der Waals surface area (Å²) in [5, 5.41) is 7.25. The van der Waals surface area contributed by atoms with Crippen LogP contribution in [-0.4, -0.2) is 29.0 Å². The molecule has 0 bridgehead atoms.